The van der Waals surface area contributed by atoms with Gasteiger partial charge in [-0.25, -0.2) is 0 Å². The Balaban J connectivity index is 1.46. The van der Waals surface area contributed by atoms with Crippen molar-refractivity contribution in [2.75, 3.05) is 19.8 Å². The van der Waals surface area contributed by atoms with Crippen molar-refractivity contribution in [1.29, 1.82) is 0 Å². The van der Waals surface area contributed by atoms with Crippen molar-refractivity contribution >= 4 is 5.97 Å². The van der Waals surface area contributed by atoms with Gasteiger partial charge in [-0.3, -0.25) is 4.79 Å². The third kappa shape index (κ3) is 12.3. The molecule has 1 aromatic rings. The van der Waals surface area contributed by atoms with Crippen LogP contribution in [-0.4, -0.2) is 42.6 Å². The highest BCUT2D eigenvalue weighted by molar-refractivity contribution is 5.70. The number of unbranched alkanes of at least 4 members (excludes halogenated alkanes) is 11. The minimum absolute atomic E-state index is 0.105. The second-order valence-electron chi connectivity index (χ2n) is 9.91. The van der Waals surface area contributed by atoms with Crippen molar-refractivity contribution in [3.05, 3.63) is 35.9 Å². The minimum Gasteiger partial charge on any atom is -0.466 e. The summed E-state index contributed by atoms with van der Waals surface area (Å²) in [7, 11) is 0. The molecule has 0 spiro atoms. The molecule has 0 amide bonds. The molecule has 1 aromatic carbocycles. The molecule has 34 heavy (non-hydrogen) atoms. The zero-order valence-electron chi connectivity index (χ0n) is 21.5. The van der Waals surface area contributed by atoms with Crippen LogP contribution in [0.2, 0.25) is 0 Å². The highest BCUT2D eigenvalue weighted by Gasteiger charge is 2.41. The molecule has 5 heteroatoms. The monoisotopic (exact) mass is 476 g/mol. The Hall–Kier alpha value is -1.43. The number of aliphatic hydroxyl groups excluding tert-OH is 1. The van der Waals surface area contributed by atoms with E-state index in [1.54, 1.807) is 0 Å². The average molecular weight is 477 g/mol. The largest absolute Gasteiger partial charge is 0.466 e. The molecule has 0 aromatic heterocycles. The molecular formula is C29H48O5. The van der Waals surface area contributed by atoms with Crippen molar-refractivity contribution < 1.29 is 24.1 Å². The Morgan fingerprint density at radius 2 is 1.59 bits per heavy atom. The van der Waals surface area contributed by atoms with Gasteiger partial charge in [-0.15, -0.1) is 0 Å². The van der Waals surface area contributed by atoms with E-state index in [4.69, 9.17) is 14.2 Å². The van der Waals surface area contributed by atoms with Crippen LogP contribution >= 0.6 is 0 Å². The molecule has 0 aliphatic carbocycles. The molecule has 2 atom stereocenters. The maximum Gasteiger partial charge on any atom is 0.308 e. The van der Waals surface area contributed by atoms with Crippen LogP contribution in [0.1, 0.15) is 109 Å². The van der Waals surface area contributed by atoms with E-state index in [0.29, 0.717) is 26.2 Å². The summed E-state index contributed by atoms with van der Waals surface area (Å²) in [6.07, 6.45) is 17.0. The number of carbonyl (C=O) groups excluding carboxylic acids is 1. The molecule has 194 valence electrons. The van der Waals surface area contributed by atoms with Gasteiger partial charge in [-0.05, 0) is 24.8 Å². The summed E-state index contributed by atoms with van der Waals surface area (Å²) in [5.41, 5.74) is 0.376. The summed E-state index contributed by atoms with van der Waals surface area (Å²) in [5, 5.41) is 9.88. The number of carbonyl (C=O) groups is 1. The summed E-state index contributed by atoms with van der Waals surface area (Å²) in [6.45, 7) is 3.46. The van der Waals surface area contributed by atoms with E-state index in [-0.39, 0.29) is 25.1 Å². The van der Waals surface area contributed by atoms with Crippen molar-refractivity contribution in [2.24, 2.45) is 0 Å². The van der Waals surface area contributed by atoms with E-state index >= 15 is 0 Å². The number of hydrogen-bond donors (Lipinski definition) is 1. The van der Waals surface area contributed by atoms with Gasteiger partial charge in [0.25, 0.3) is 0 Å². The first kappa shape index (κ1) is 28.8. The quantitative estimate of drug-likeness (QED) is 0.167. The first-order valence-corrected chi connectivity index (χ1v) is 13.7. The van der Waals surface area contributed by atoms with Gasteiger partial charge in [0, 0.05) is 0 Å². The summed E-state index contributed by atoms with van der Waals surface area (Å²) in [5.74, 6) is -0.202. The van der Waals surface area contributed by atoms with Crippen molar-refractivity contribution in [2.45, 2.75) is 122 Å². The molecule has 1 N–H and O–H groups in total. The topological polar surface area (TPSA) is 65.0 Å². The van der Waals surface area contributed by atoms with Gasteiger partial charge < -0.3 is 19.3 Å². The fraction of sp³-hybridized carbons (Fsp3) is 0.759. The van der Waals surface area contributed by atoms with Crippen LogP contribution in [-0.2, 0) is 25.6 Å². The van der Waals surface area contributed by atoms with Crippen LogP contribution in [0.5, 0.6) is 0 Å². The van der Waals surface area contributed by atoms with Gasteiger partial charge in [-0.2, -0.15) is 0 Å². The fourth-order valence-corrected chi connectivity index (χ4v) is 4.61. The molecule has 5 nitrogen and oxygen atoms in total. The molecule has 1 fully saturated rings. The second kappa shape index (κ2) is 17.9. The zero-order valence-corrected chi connectivity index (χ0v) is 21.5. The van der Waals surface area contributed by atoms with Gasteiger partial charge in [0.2, 0.25) is 0 Å². The van der Waals surface area contributed by atoms with E-state index in [0.717, 1.165) is 24.8 Å². The molecule has 1 saturated heterocycles. The Labute approximate surface area is 207 Å². The number of hydrogen-bond acceptors (Lipinski definition) is 5. The van der Waals surface area contributed by atoms with Crippen molar-refractivity contribution in [3.63, 3.8) is 0 Å². The molecular weight excluding hydrogens is 428 g/mol. The lowest BCUT2D eigenvalue weighted by Crippen LogP contribution is -2.39. The van der Waals surface area contributed by atoms with Gasteiger partial charge >= 0.3 is 5.97 Å². The molecule has 1 heterocycles. The summed E-state index contributed by atoms with van der Waals surface area (Å²) >= 11 is 0. The number of benzene rings is 1. The first-order valence-electron chi connectivity index (χ1n) is 13.7. The van der Waals surface area contributed by atoms with Gasteiger partial charge in [0.1, 0.15) is 5.60 Å². The van der Waals surface area contributed by atoms with E-state index in [2.05, 4.69) is 6.92 Å². The predicted molar refractivity (Wildman–Crippen MR) is 137 cm³/mol. The maximum absolute atomic E-state index is 12.2. The summed E-state index contributed by atoms with van der Waals surface area (Å²) in [4.78, 5) is 12.2. The molecule has 0 unspecified atom stereocenters. The molecule has 0 saturated carbocycles. The molecule has 1 aliphatic heterocycles. The number of aliphatic hydroxyl groups is 1. The fourth-order valence-electron chi connectivity index (χ4n) is 4.61. The highest BCUT2D eigenvalue weighted by Crippen LogP contribution is 2.32. The average Bonchev–Trinajstić information content (AvgIpc) is 3.25. The van der Waals surface area contributed by atoms with Gasteiger partial charge in [-0.1, -0.05) is 108 Å². The number of esters is 1. The Morgan fingerprint density at radius 1 is 0.971 bits per heavy atom. The standard InChI is InChI=1S/C29H48O5/c1-2-3-4-5-6-7-8-9-10-11-12-16-21-33-28(31)22-27-19-20-29(24-30,34-27)25-32-23-26-17-14-13-15-18-26/h13-15,17-18,27,30H,2-12,16,19-25H2,1H3/t27-,29+/m1/s1. The first-order chi connectivity index (χ1) is 16.7. The van der Waals surface area contributed by atoms with E-state index in [9.17, 15) is 9.90 Å². The third-order valence-electron chi connectivity index (χ3n) is 6.76. The molecule has 0 radical (unpaired) electrons. The molecule has 2 rings (SSSR count). The highest BCUT2D eigenvalue weighted by atomic mass is 16.6. The lowest BCUT2D eigenvalue weighted by molar-refractivity contribution is -0.152. The second-order valence-corrected chi connectivity index (χ2v) is 9.91. The Morgan fingerprint density at radius 3 is 2.21 bits per heavy atom. The lowest BCUT2D eigenvalue weighted by Gasteiger charge is -2.27. The zero-order chi connectivity index (χ0) is 24.3. The van der Waals surface area contributed by atoms with Gasteiger partial charge in [0.05, 0.1) is 39.0 Å². The van der Waals surface area contributed by atoms with Crippen LogP contribution < -0.4 is 0 Å². The van der Waals surface area contributed by atoms with E-state index < -0.39 is 5.60 Å². The minimum atomic E-state index is -0.713. The smallest absolute Gasteiger partial charge is 0.308 e. The van der Waals surface area contributed by atoms with Gasteiger partial charge in [0.15, 0.2) is 0 Å². The summed E-state index contributed by atoms with van der Waals surface area (Å²) in [6, 6.07) is 9.95. The molecule has 1 aliphatic rings. The van der Waals surface area contributed by atoms with E-state index in [1.165, 1.54) is 64.2 Å². The van der Waals surface area contributed by atoms with Crippen LogP contribution in [0.4, 0.5) is 0 Å². The van der Waals surface area contributed by atoms with Crippen molar-refractivity contribution in [1.82, 2.24) is 0 Å². The Bertz CT molecular complexity index is 635. The normalized spacial score (nSPS) is 20.0. The third-order valence-corrected chi connectivity index (χ3v) is 6.76. The number of rotatable bonds is 20. The van der Waals surface area contributed by atoms with Crippen LogP contribution in [0.15, 0.2) is 30.3 Å². The Kier molecular flexibility index (Phi) is 15.2. The lowest BCUT2D eigenvalue weighted by atomic mass is 10.0. The van der Waals surface area contributed by atoms with Crippen LogP contribution in [0.3, 0.4) is 0 Å². The predicted octanol–water partition coefficient (Wildman–Crippen LogP) is 6.75. The van der Waals surface area contributed by atoms with Crippen molar-refractivity contribution in [3.8, 4) is 0 Å². The maximum atomic E-state index is 12.2. The van der Waals surface area contributed by atoms with Crippen LogP contribution in [0.25, 0.3) is 0 Å². The molecule has 0 bridgehead atoms. The van der Waals surface area contributed by atoms with Crippen LogP contribution in [0, 0.1) is 0 Å². The van der Waals surface area contributed by atoms with E-state index in [1.807, 2.05) is 30.3 Å². The SMILES string of the molecule is CCCCCCCCCCCCCCOC(=O)C[C@H]1CC[C@](CO)(COCc2ccccc2)O1. The summed E-state index contributed by atoms with van der Waals surface area (Å²) < 4.78 is 17.3. The number of ether oxygens (including phenoxy) is 3.